The minimum atomic E-state index is -3.61. The lowest BCUT2D eigenvalue weighted by Crippen LogP contribution is -2.29. The van der Waals surface area contributed by atoms with Crippen molar-refractivity contribution in [3.63, 3.8) is 0 Å². The standard InChI is InChI=1S/C10H12BrNO2S.C6H4BrClO2S.C5H10/c1-12(8-6-7-8)15(13,14)10-5-3-2-4-9(10)11;7-5-3-1-2-4-6(5)11(8,9)10;1-2-5-3-4-5/h2-5,8H,6-7H2,1H3;1-4H;5H,2-4H2,1H3. The normalized spacial score (nSPS) is 16.1. The maximum Gasteiger partial charge on any atom is 0.262 e. The topological polar surface area (TPSA) is 71.5 Å². The quantitative estimate of drug-likeness (QED) is 0.364. The van der Waals surface area contributed by atoms with Gasteiger partial charge in [-0.3, -0.25) is 0 Å². The van der Waals surface area contributed by atoms with Crippen LogP contribution < -0.4 is 0 Å². The molecule has 2 aliphatic carbocycles. The van der Waals surface area contributed by atoms with Crippen LogP contribution in [0.25, 0.3) is 0 Å². The molecular formula is C21H26Br2ClNO4S2. The summed E-state index contributed by atoms with van der Waals surface area (Å²) in [6.07, 6.45) is 6.38. The van der Waals surface area contributed by atoms with Crippen LogP contribution in [0.3, 0.4) is 0 Å². The lowest BCUT2D eigenvalue weighted by Gasteiger charge is -2.17. The Bertz CT molecular complexity index is 1090. The van der Waals surface area contributed by atoms with Gasteiger partial charge in [0.1, 0.15) is 0 Å². The molecule has 2 aliphatic rings. The van der Waals surface area contributed by atoms with Gasteiger partial charge in [-0.25, -0.2) is 16.8 Å². The molecule has 0 N–H and O–H groups in total. The number of halogens is 3. The zero-order chi connectivity index (χ0) is 23.2. The number of hydrogen-bond donors (Lipinski definition) is 0. The van der Waals surface area contributed by atoms with E-state index in [-0.39, 0.29) is 10.9 Å². The first-order valence-electron chi connectivity index (χ1n) is 9.90. The Labute approximate surface area is 206 Å². The van der Waals surface area contributed by atoms with Gasteiger partial charge in [-0.1, -0.05) is 50.5 Å². The van der Waals surface area contributed by atoms with E-state index in [4.69, 9.17) is 10.7 Å². The summed E-state index contributed by atoms with van der Waals surface area (Å²) in [4.78, 5) is 0.445. The van der Waals surface area contributed by atoms with Crippen molar-refractivity contribution in [2.24, 2.45) is 5.92 Å². The zero-order valence-corrected chi connectivity index (χ0v) is 22.9. The Kier molecular flexibility index (Phi) is 10.0. The highest BCUT2D eigenvalue weighted by atomic mass is 79.9. The van der Waals surface area contributed by atoms with Crippen LogP contribution in [0.1, 0.15) is 39.0 Å². The van der Waals surface area contributed by atoms with Gasteiger partial charge in [0.05, 0.1) is 9.79 Å². The molecule has 0 atom stereocenters. The summed E-state index contributed by atoms with van der Waals surface area (Å²) < 4.78 is 48.4. The van der Waals surface area contributed by atoms with Crippen LogP contribution in [0, 0.1) is 5.92 Å². The van der Waals surface area contributed by atoms with Crippen LogP contribution in [-0.4, -0.2) is 34.2 Å². The molecule has 2 aromatic rings. The number of benzene rings is 2. The van der Waals surface area contributed by atoms with Crippen molar-refractivity contribution >= 4 is 61.6 Å². The molecule has 2 fully saturated rings. The van der Waals surface area contributed by atoms with Gasteiger partial charge in [-0.05, 0) is 74.9 Å². The van der Waals surface area contributed by atoms with E-state index in [2.05, 4.69) is 38.8 Å². The summed E-state index contributed by atoms with van der Waals surface area (Å²) in [5.74, 6) is 1.13. The third-order valence-corrected chi connectivity index (χ3v) is 10.2. The molecule has 2 saturated carbocycles. The molecule has 0 heterocycles. The summed E-state index contributed by atoms with van der Waals surface area (Å²) in [6, 6.07) is 13.5. The van der Waals surface area contributed by atoms with Gasteiger partial charge in [0, 0.05) is 32.7 Å². The molecule has 0 bridgehead atoms. The first-order valence-corrected chi connectivity index (χ1v) is 15.2. The maximum absolute atomic E-state index is 12.1. The molecule has 10 heteroatoms. The van der Waals surface area contributed by atoms with Crippen molar-refractivity contribution < 1.29 is 16.8 Å². The highest BCUT2D eigenvalue weighted by molar-refractivity contribution is 9.10. The fraction of sp³-hybridized carbons (Fsp3) is 0.429. The Morgan fingerprint density at radius 3 is 1.61 bits per heavy atom. The monoisotopic (exact) mass is 613 g/mol. The summed E-state index contributed by atoms with van der Waals surface area (Å²) in [5, 5.41) is 0. The molecule has 0 spiro atoms. The van der Waals surface area contributed by atoms with E-state index >= 15 is 0 Å². The average molecular weight is 616 g/mol. The van der Waals surface area contributed by atoms with Crippen LogP contribution >= 0.6 is 42.5 Å². The highest BCUT2D eigenvalue weighted by Crippen LogP contribution is 2.33. The lowest BCUT2D eigenvalue weighted by molar-refractivity contribution is 0.464. The second-order valence-electron chi connectivity index (χ2n) is 7.40. The number of sulfonamides is 1. The Morgan fingerprint density at radius 1 is 0.871 bits per heavy atom. The SMILES string of the molecule is CCC1CC1.CN(C1CC1)S(=O)(=O)c1ccccc1Br.O=S(=O)(Cl)c1ccccc1Br. The van der Waals surface area contributed by atoms with Crippen molar-refractivity contribution in [1.82, 2.24) is 4.31 Å². The van der Waals surface area contributed by atoms with Crippen molar-refractivity contribution in [3.8, 4) is 0 Å². The van der Waals surface area contributed by atoms with Gasteiger partial charge in [-0.2, -0.15) is 4.31 Å². The van der Waals surface area contributed by atoms with E-state index in [0.717, 1.165) is 18.8 Å². The van der Waals surface area contributed by atoms with E-state index in [9.17, 15) is 16.8 Å². The second-order valence-corrected chi connectivity index (χ2v) is 13.6. The molecule has 0 amide bonds. The molecule has 0 aliphatic heterocycles. The molecule has 0 aromatic heterocycles. The zero-order valence-electron chi connectivity index (χ0n) is 17.3. The minimum Gasteiger partial charge on any atom is -0.207 e. The summed E-state index contributed by atoms with van der Waals surface area (Å²) >= 11 is 6.33. The largest absolute Gasteiger partial charge is 0.262 e. The van der Waals surface area contributed by atoms with Gasteiger partial charge >= 0.3 is 0 Å². The van der Waals surface area contributed by atoms with Crippen LogP contribution in [0.2, 0.25) is 0 Å². The minimum absolute atomic E-state index is 0.0988. The molecule has 2 aromatic carbocycles. The highest BCUT2D eigenvalue weighted by Gasteiger charge is 2.35. The molecule has 0 radical (unpaired) electrons. The molecule has 5 nitrogen and oxygen atoms in total. The first kappa shape index (κ1) is 26.8. The summed E-state index contributed by atoms with van der Waals surface area (Å²) in [6.45, 7) is 2.26. The Hall–Kier alpha value is -0.450. The third kappa shape index (κ3) is 8.44. The van der Waals surface area contributed by atoms with E-state index in [1.165, 1.54) is 29.6 Å². The van der Waals surface area contributed by atoms with E-state index < -0.39 is 19.1 Å². The van der Waals surface area contributed by atoms with Gasteiger partial charge in [0.15, 0.2) is 0 Å². The van der Waals surface area contributed by atoms with Crippen molar-refractivity contribution in [2.45, 2.75) is 54.9 Å². The average Bonchev–Trinajstić information content (AvgIpc) is 3.62. The number of rotatable bonds is 5. The molecule has 172 valence electrons. The van der Waals surface area contributed by atoms with Crippen LogP contribution in [0.4, 0.5) is 0 Å². The number of hydrogen-bond acceptors (Lipinski definition) is 4. The van der Waals surface area contributed by atoms with Crippen LogP contribution in [-0.2, 0) is 19.1 Å². The molecule has 0 saturated heterocycles. The Balaban J connectivity index is 0.000000186. The molecule has 4 rings (SSSR count). The third-order valence-electron chi connectivity index (χ3n) is 4.93. The Morgan fingerprint density at radius 2 is 1.32 bits per heavy atom. The van der Waals surface area contributed by atoms with E-state index in [0.29, 0.717) is 13.8 Å². The molecule has 0 unspecified atom stereocenters. The van der Waals surface area contributed by atoms with Gasteiger partial charge in [0.25, 0.3) is 9.05 Å². The van der Waals surface area contributed by atoms with Crippen molar-refractivity contribution in [2.75, 3.05) is 7.05 Å². The molecular weight excluding hydrogens is 590 g/mol. The first-order chi connectivity index (χ1) is 14.5. The van der Waals surface area contributed by atoms with E-state index in [1.807, 2.05) is 0 Å². The number of nitrogens with zero attached hydrogens (tertiary/aromatic N) is 1. The van der Waals surface area contributed by atoms with Crippen LogP contribution in [0.15, 0.2) is 67.3 Å². The second kappa shape index (κ2) is 11.6. The van der Waals surface area contributed by atoms with Gasteiger partial charge in [0.2, 0.25) is 10.0 Å². The van der Waals surface area contributed by atoms with E-state index in [1.54, 1.807) is 49.5 Å². The predicted molar refractivity (Wildman–Crippen MR) is 132 cm³/mol. The lowest BCUT2D eigenvalue weighted by atomic mass is 10.3. The van der Waals surface area contributed by atoms with Crippen molar-refractivity contribution in [1.29, 1.82) is 0 Å². The maximum atomic E-state index is 12.1. The van der Waals surface area contributed by atoms with Gasteiger partial charge in [-0.15, -0.1) is 0 Å². The predicted octanol–water partition coefficient (Wildman–Crippen LogP) is 6.42. The summed E-state index contributed by atoms with van der Waals surface area (Å²) in [7, 11) is -0.177. The van der Waals surface area contributed by atoms with Gasteiger partial charge < -0.3 is 0 Å². The fourth-order valence-corrected chi connectivity index (χ4v) is 7.14. The fourth-order valence-electron chi connectivity index (χ4n) is 2.61. The smallest absolute Gasteiger partial charge is 0.207 e. The molecule has 31 heavy (non-hydrogen) atoms. The van der Waals surface area contributed by atoms with Crippen LogP contribution in [0.5, 0.6) is 0 Å². The summed E-state index contributed by atoms with van der Waals surface area (Å²) in [5.41, 5.74) is 0. The van der Waals surface area contributed by atoms with Crippen molar-refractivity contribution in [3.05, 3.63) is 57.5 Å².